The maximum Gasteiger partial charge on any atom is 0.191 e. The second kappa shape index (κ2) is 6.75. The zero-order valence-corrected chi connectivity index (χ0v) is 16.1. The van der Waals surface area contributed by atoms with Gasteiger partial charge in [-0.25, -0.2) is 0 Å². The Bertz CT molecular complexity index is 513. The summed E-state index contributed by atoms with van der Waals surface area (Å²) in [5.41, 5.74) is 0.364. The molecule has 6 heteroatoms. The molecule has 3 aliphatic carbocycles. The second-order valence-corrected chi connectivity index (χ2v) is 7.44. The zero-order chi connectivity index (χ0) is 15.2. The molecule has 1 saturated heterocycles. The largest absolute Gasteiger partial charge is 0.377 e. The molecule has 5 nitrogen and oxygen atoms in total. The van der Waals surface area contributed by atoms with Crippen molar-refractivity contribution in [2.24, 2.45) is 22.2 Å². The lowest BCUT2D eigenvalue weighted by molar-refractivity contribution is -0.171. The monoisotopic (exact) mass is 430 g/mol. The van der Waals surface area contributed by atoms with Crippen LogP contribution in [0.5, 0.6) is 0 Å². The first-order valence-corrected chi connectivity index (χ1v) is 8.79. The van der Waals surface area contributed by atoms with Crippen LogP contribution in [0.15, 0.2) is 4.99 Å². The number of nitrogens with zero attached hydrogens (tertiary/aromatic N) is 2. The van der Waals surface area contributed by atoms with Gasteiger partial charge in [0.05, 0.1) is 18.1 Å². The number of guanidine groups is 1. The molecule has 0 bridgehead atoms. The smallest absolute Gasteiger partial charge is 0.191 e. The summed E-state index contributed by atoms with van der Waals surface area (Å²) in [6.07, 6.45) is 8.77. The van der Waals surface area contributed by atoms with Crippen LogP contribution in [0.25, 0.3) is 0 Å². The molecule has 0 radical (unpaired) electrons. The number of hydrogen-bond donors (Lipinski definition) is 2. The zero-order valence-electron chi connectivity index (χ0n) is 13.8. The van der Waals surface area contributed by atoms with Crippen molar-refractivity contribution in [1.82, 2.24) is 10.6 Å². The van der Waals surface area contributed by atoms with Gasteiger partial charge < -0.3 is 15.4 Å². The molecule has 1 spiro atoms. The summed E-state index contributed by atoms with van der Waals surface area (Å²) in [7, 11) is 1.83. The number of nitriles is 1. The molecule has 3 saturated carbocycles. The first-order valence-electron chi connectivity index (χ1n) is 8.79. The number of halogens is 1. The van der Waals surface area contributed by atoms with Crippen molar-refractivity contribution in [3.63, 3.8) is 0 Å². The van der Waals surface area contributed by atoms with Crippen molar-refractivity contribution in [1.29, 1.82) is 5.26 Å². The number of rotatable bonds is 2. The molecule has 4 aliphatic rings. The van der Waals surface area contributed by atoms with E-state index in [4.69, 9.17) is 4.74 Å². The molecule has 1 heterocycles. The van der Waals surface area contributed by atoms with Crippen molar-refractivity contribution >= 4 is 29.9 Å². The minimum Gasteiger partial charge on any atom is -0.377 e. The van der Waals surface area contributed by atoms with Crippen molar-refractivity contribution in [2.45, 2.75) is 63.1 Å². The summed E-state index contributed by atoms with van der Waals surface area (Å²) in [6.45, 7) is 0.917. The predicted molar refractivity (Wildman–Crippen MR) is 99.7 cm³/mol. The molecular formula is C17H27IN4O. The van der Waals surface area contributed by atoms with Crippen LogP contribution < -0.4 is 10.6 Å². The predicted octanol–water partition coefficient (Wildman–Crippen LogP) is 2.42. The molecule has 0 aromatic heterocycles. The number of nitrogens with one attached hydrogen (secondary N) is 2. The molecule has 1 aliphatic heterocycles. The van der Waals surface area contributed by atoms with Crippen LogP contribution in [0.1, 0.15) is 44.9 Å². The minimum absolute atomic E-state index is 0. The van der Waals surface area contributed by atoms with Gasteiger partial charge in [-0.15, -0.1) is 24.0 Å². The van der Waals surface area contributed by atoms with Gasteiger partial charge in [-0.3, -0.25) is 4.99 Å². The third kappa shape index (κ3) is 2.64. The molecule has 0 aromatic carbocycles. The summed E-state index contributed by atoms with van der Waals surface area (Å²) in [5.74, 6) is 1.66. The number of ether oxygens (including phenoxy) is 1. The standard InChI is InChI=1S/C17H26N4O.HI/c1-19-16(20-13-5-2-4-11(13)10-18)21-14-12-6-9-22-15(12)17(14)7-3-8-17;/h11-15H,2-9H2,1H3,(H2,19,20,21);1H. The Kier molecular flexibility index (Phi) is 5.07. The van der Waals surface area contributed by atoms with E-state index in [1.165, 1.54) is 25.7 Å². The Morgan fingerprint density at radius 3 is 2.70 bits per heavy atom. The van der Waals surface area contributed by atoms with Crippen LogP contribution in [0.3, 0.4) is 0 Å². The Morgan fingerprint density at radius 2 is 2.04 bits per heavy atom. The highest BCUT2D eigenvalue weighted by Crippen LogP contribution is 2.62. The summed E-state index contributed by atoms with van der Waals surface area (Å²) in [6, 6.07) is 3.19. The lowest BCUT2D eigenvalue weighted by atomic mass is 9.46. The molecule has 5 atom stereocenters. The normalized spacial score (nSPS) is 40.3. The molecular weight excluding hydrogens is 403 g/mol. The van der Waals surface area contributed by atoms with E-state index in [-0.39, 0.29) is 35.9 Å². The fourth-order valence-corrected chi connectivity index (χ4v) is 5.24. The van der Waals surface area contributed by atoms with Gasteiger partial charge in [0.2, 0.25) is 0 Å². The van der Waals surface area contributed by atoms with Gasteiger partial charge in [0.25, 0.3) is 0 Å². The van der Waals surface area contributed by atoms with Crippen LogP contribution in [-0.4, -0.2) is 37.8 Å². The third-order valence-electron chi connectivity index (χ3n) is 6.56. The lowest BCUT2D eigenvalue weighted by Gasteiger charge is -2.63. The van der Waals surface area contributed by atoms with Gasteiger partial charge in [0.1, 0.15) is 0 Å². The van der Waals surface area contributed by atoms with Crippen LogP contribution in [-0.2, 0) is 4.74 Å². The topological polar surface area (TPSA) is 69.4 Å². The van der Waals surface area contributed by atoms with Gasteiger partial charge >= 0.3 is 0 Å². The Balaban J connectivity index is 0.00000156. The summed E-state index contributed by atoms with van der Waals surface area (Å²) in [4.78, 5) is 4.42. The fraction of sp³-hybridized carbons (Fsp3) is 0.882. The van der Waals surface area contributed by atoms with Gasteiger partial charge in [0, 0.05) is 37.1 Å². The summed E-state index contributed by atoms with van der Waals surface area (Å²) in [5, 5.41) is 16.4. The van der Waals surface area contributed by atoms with Crippen molar-refractivity contribution in [3.8, 4) is 6.07 Å². The number of hydrogen-bond acceptors (Lipinski definition) is 3. The van der Waals surface area contributed by atoms with Crippen LogP contribution >= 0.6 is 24.0 Å². The van der Waals surface area contributed by atoms with E-state index >= 15 is 0 Å². The van der Waals surface area contributed by atoms with E-state index in [2.05, 4.69) is 21.7 Å². The molecule has 23 heavy (non-hydrogen) atoms. The van der Waals surface area contributed by atoms with Gasteiger partial charge in [-0.2, -0.15) is 5.26 Å². The molecule has 0 amide bonds. The van der Waals surface area contributed by atoms with Crippen LogP contribution in [0.2, 0.25) is 0 Å². The second-order valence-electron chi connectivity index (χ2n) is 7.44. The van der Waals surface area contributed by atoms with Crippen molar-refractivity contribution in [3.05, 3.63) is 0 Å². The Morgan fingerprint density at radius 1 is 1.22 bits per heavy atom. The van der Waals surface area contributed by atoms with Crippen molar-refractivity contribution < 1.29 is 4.74 Å². The lowest BCUT2D eigenvalue weighted by Crippen LogP contribution is -2.72. The minimum atomic E-state index is 0. The molecule has 5 unspecified atom stereocenters. The highest BCUT2D eigenvalue weighted by atomic mass is 127. The average molecular weight is 430 g/mol. The fourth-order valence-electron chi connectivity index (χ4n) is 5.24. The Hall–Kier alpha value is -0.550. The van der Waals surface area contributed by atoms with E-state index in [1.807, 2.05) is 7.05 Å². The maximum absolute atomic E-state index is 9.25. The van der Waals surface area contributed by atoms with E-state index in [0.29, 0.717) is 23.5 Å². The van der Waals surface area contributed by atoms with E-state index in [9.17, 15) is 5.26 Å². The van der Waals surface area contributed by atoms with Crippen LogP contribution in [0, 0.1) is 28.6 Å². The Labute approximate surface area is 155 Å². The van der Waals surface area contributed by atoms with Crippen LogP contribution in [0.4, 0.5) is 0 Å². The maximum atomic E-state index is 9.25. The van der Waals surface area contributed by atoms with Gasteiger partial charge in [-0.05, 0) is 38.5 Å². The summed E-state index contributed by atoms with van der Waals surface area (Å²) >= 11 is 0. The number of fused-ring (bicyclic) bond motifs is 2. The van der Waals surface area contributed by atoms with Crippen molar-refractivity contribution in [2.75, 3.05) is 13.7 Å². The highest BCUT2D eigenvalue weighted by molar-refractivity contribution is 14.0. The van der Waals surface area contributed by atoms with E-state index < -0.39 is 0 Å². The highest BCUT2D eigenvalue weighted by Gasteiger charge is 2.66. The SMILES string of the molecule is CN=C(NC1CCCC1C#N)NC1C2CCOC2C12CCC2.I. The molecule has 128 valence electrons. The van der Waals surface area contributed by atoms with E-state index in [1.54, 1.807) is 0 Å². The number of aliphatic imine (C=N–C) groups is 1. The van der Waals surface area contributed by atoms with E-state index in [0.717, 1.165) is 31.8 Å². The summed E-state index contributed by atoms with van der Waals surface area (Å²) < 4.78 is 5.98. The average Bonchev–Trinajstić information content (AvgIpc) is 3.09. The third-order valence-corrected chi connectivity index (χ3v) is 6.56. The van der Waals surface area contributed by atoms with Gasteiger partial charge in [0.15, 0.2) is 5.96 Å². The first-order chi connectivity index (χ1) is 10.8. The molecule has 2 N–H and O–H groups in total. The molecule has 4 fully saturated rings. The quantitative estimate of drug-likeness (QED) is 0.401. The molecule has 0 aromatic rings. The van der Waals surface area contributed by atoms with Gasteiger partial charge in [-0.1, -0.05) is 6.42 Å². The molecule has 4 rings (SSSR count). The first kappa shape index (κ1) is 17.3.